The van der Waals surface area contributed by atoms with E-state index in [-0.39, 0.29) is 11.8 Å². The number of furan rings is 1. The minimum Gasteiger partial charge on any atom is -0.449 e. The summed E-state index contributed by atoms with van der Waals surface area (Å²) in [5, 5.41) is 1.01. The molecule has 1 aromatic carbocycles. The number of fused-ring (bicyclic) bond motifs is 3. The summed E-state index contributed by atoms with van der Waals surface area (Å²) < 4.78 is 7.65. The molecule has 0 bridgehead atoms. The van der Waals surface area contributed by atoms with Gasteiger partial charge < -0.3 is 8.98 Å². The third kappa shape index (κ3) is 1.85. The summed E-state index contributed by atoms with van der Waals surface area (Å²) in [5.74, 6) is 0.165. The van der Waals surface area contributed by atoms with Gasteiger partial charge in [0.05, 0.1) is 11.0 Å². The van der Waals surface area contributed by atoms with Gasteiger partial charge in [-0.05, 0) is 43.6 Å². The Kier molecular flexibility index (Phi) is 2.84. The molecule has 2 aromatic heterocycles. The maximum atomic E-state index is 11.2. The lowest BCUT2D eigenvalue weighted by Gasteiger charge is -2.10. The third-order valence-electron chi connectivity index (χ3n) is 3.15. The molecule has 0 spiro atoms. The topological polar surface area (TPSA) is 35.1 Å². The van der Waals surface area contributed by atoms with E-state index in [4.69, 9.17) is 27.6 Å². The van der Waals surface area contributed by atoms with E-state index in [1.54, 1.807) is 12.1 Å². The molecule has 3 nitrogen and oxygen atoms in total. The summed E-state index contributed by atoms with van der Waals surface area (Å²) in [6, 6.07) is 7.49. The van der Waals surface area contributed by atoms with Crippen molar-refractivity contribution in [1.82, 2.24) is 4.57 Å². The molecule has 0 saturated heterocycles. The van der Waals surface area contributed by atoms with Crippen LogP contribution in [-0.4, -0.2) is 9.81 Å². The molecule has 0 amide bonds. The fraction of sp³-hybridized carbons (Fsp3) is 0.214. The van der Waals surface area contributed by atoms with Crippen molar-refractivity contribution in [2.75, 3.05) is 0 Å². The van der Waals surface area contributed by atoms with Crippen LogP contribution in [0, 0.1) is 0 Å². The van der Waals surface area contributed by atoms with Crippen LogP contribution in [0.2, 0.25) is 5.02 Å². The first-order valence-corrected chi connectivity index (χ1v) is 6.67. The zero-order chi connectivity index (χ0) is 13.7. The predicted octanol–water partition coefficient (Wildman–Crippen LogP) is 5.00. The van der Waals surface area contributed by atoms with Gasteiger partial charge in [0.15, 0.2) is 11.3 Å². The maximum Gasteiger partial charge on any atom is 0.287 e. The number of carbonyl (C=O) groups is 1. The molecule has 0 fully saturated rings. The fourth-order valence-electron chi connectivity index (χ4n) is 2.43. The minimum atomic E-state index is -0.589. The highest BCUT2D eigenvalue weighted by molar-refractivity contribution is 6.67. The number of benzene rings is 1. The highest BCUT2D eigenvalue weighted by Gasteiger charge is 2.19. The van der Waals surface area contributed by atoms with Crippen LogP contribution in [0.4, 0.5) is 0 Å². The highest BCUT2D eigenvalue weighted by atomic mass is 35.5. The van der Waals surface area contributed by atoms with Crippen molar-refractivity contribution < 1.29 is 9.21 Å². The first-order valence-electron chi connectivity index (χ1n) is 5.92. The number of hydrogen-bond acceptors (Lipinski definition) is 2. The standard InChI is InChI=1S/C14H11Cl2NO2/c1-7(2)17-10-5-8(15)3-4-9(10)13-11(17)6-12(19-13)14(16)18/h3-7H,1-2H3. The molecule has 3 rings (SSSR count). The summed E-state index contributed by atoms with van der Waals surface area (Å²) in [5.41, 5.74) is 2.52. The molecule has 0 aliphatic carbocycles. The van der Waals surface area contributed by atoms with Gasteiger partial charge in [-0.1, -0.05) is 11.6 Å². The molecule has 0 atom stereocenters. The number of rotatable bonds is 2. The van der Waals surface area contributed by atoms with Gasteiger partial charge in [0.1, 0.15) is 0 Å². The molecule has 2 heterocycles. The zero-order valence-electron chi connectivity index (χ0n) is 10.4. The van der Waals surface area contributed by atoms with Crippen molar-refractivity contribution >= 4 is 50.4 Å². The quantitative estimate of drug-likeness (QED) is 0.624. The number of halogens is 2. The van der Waals surface area contributed by atoms with E-state index in [0.29, 0.717) is 10.6 Å². The lowest BCUT2D eigenvalue weighted by Crippen LogP contribution is -1.99. The van der Waals surface area contributed by atoms with E-state index in [1.165, 1.54) is 0 Å². The zero-order valence-corrected chi connectivity index (χ0v) is 11.9. The average Bonchev–Trinajstić information content (AvgIpc) is 2.83. The SMILES string of the molecule is CC(C)n1c2cc(Cl)ccc2c2oc(C(=O)Cl)cc21. The van der Waals surface area contributed by atoms with Gasteiger partial charge in [-0.25, -0.2) is 0 Å². The lowest BCUT2D eigenvalue weighted by molar-refractivity contribution is 0.105. The molecule has 5 heteroatoms. The van der Waals surface area contributed by atoms with Crippen LogP contribution in [0.1, 0.15) is 30.4 Å². The Bertz CT molecular complexity index is 799. The number of hydrogen-bond donors (Lipinski definition) is 0. The highest BCUT2D eigenvalue weighted by Crippen LogP contribution is 2.35. The van der Waals surface area contributed by atoms with Gasteiger partial charge in [0.2, 0.25) is 0 Å². The van der Waals surface area contributed by atoms with Crippen LogP contribution in [0.25, 0.3) is 22.0 Å². The Balaban J connectivity index is 2.47. The van der Waals surface area contributed by atoms with Crippen molar-refractivity contribution in [3.63, 3.8) is 0 Å². The number of carbonyl (C=O) groups excluding carboxylic acids is 1. The Morgan fingerprint density at radius 3 is 2.63 bits per heavy atom. The smallest absolute Gasteiger partial charge is 0.287 e. The van der Waals surface area contributed by atoms with E-state index in [9.17, 15) is 4.79 Å². The van der Waals surface area contributed by atoms with Crippen LogP contribution in [-0.2, 0) is 0 Å². The van der Waals surface area contributed by atoms with Gasteiger partial charge in [-0.2, -0.15) is 0 Å². The normalized spacial score (nSPS) is 11.8. The summed E-state index contributed by atoms with van der Waals surface area (Å²) in [6.07, 6.45) is 0. The van der Waals surface area contributed by atoms with Crippen LogP contribution < -0.4 is 0 Å². The van der Waals surface area contributed by atoms with Gasteiger partial charge >= 0.3 is 0 Å². The molecular formula is C14H11Cl2NO2. The number of aromatic nitrogens is 1. The van der Waals surface area contributed by atoms with Crippen molar-refractivity contribution in [3.05, 3.63) is 35.0 Å². The molecule has 0 unspecified atom stereocenters. The molecule has 19 heavy (non-hydrogen) atoms. The van der Waals surface area contributed by atoms with Crippen molar-refractivity contribution in [3.8, 4) is 0 Å². The predicted molar refractivity (Wildman–Crippen MR) is 77.3 cm³/mol. The van der Waals surface area contributed by atoms with Crippen molar-refractivity contribution in [2.45, 2.75) is 19.9 Å². The second-order valence-corrected chi connectivity index (χ2v) is 5.50. The first kappa shape index (κ1) is 12.6. The molecule has 0 radical (unpaired) electrons. The van der Waals surface area contributed by atoms with E-state index in [0.717, 1.165) is 16.4 Å². The van der Waals surface area contributed by atoms with E-state index in [2.05, 4.69) is 18.4 Å². The van der Waals surface area contributed by atoms with Gasteiger partial charge in [-0.3, -0.25) is 4.79 Å². The lowest BCUT2D eigenvalue weighted by atomic mass is 10.2. The monoisotopic (exact) mass is 295 g/mol. The van der Waals surface area contributed by atoms with Gasteiger partial charge in [0.25, 0.3) is 5.24 Å². The second-order valence-electron chi connectivity index (χ2n) is 4.72. The van der Waals surface area contributed by atoms with E-state index < -0.39 is 5.24 Å². The molecule has 0 saturated carbocycles. The summed E-state index contributed by atoms with van der Waals surface area (Å²) in [6.45, 7) is 4.13. The average molecular weight is 296 g/mol. The van der Waals surface area contributed by atoms with Crippen LogP contribution in [0.5, 0.6) is 0 Å². The molecular weight excluding hydrogens is 285 g/mol. The van der Waals surface area contributed by atoms with Crippen LogP contribution >= 0.6 is 23.2 Å². The van der Waals surface area contributed by atoms with E-state index in [1.807, 2.05) is 12.1 Å². The first-order chi connectivity index (χ1) is 8.99. The second kappa shape index (κ2) is 4.29. The summed E-state index contributed by atoms with van der Waals surface area (Å²) in [7, 11) is 0. The molecule has 98 valence electrons. The maximum absolute atomic E-state index is 11.2. The van der Waals surface area contributed by atoms with Crippen molar-refractivity contribution in [2.24, 2.45) is 0 Å². The van der Waals surface area contributed by atoms with Crippen LogP contribution in [0.3, 0.4) is 0 Å². The van der Waals surface area contributed by atoms with E-state index >= 15 is 0 Å². The molecule has 0 N–H and O–H groups in total. The fourth-order valence-corrected chi connectivity index (χ4v) is 2.69. The Morgan fingerprint density at radius 1 is 1.26 bits per heavy atom. The molecule has 0 aliphatic rings. The Morgan fingerprint density at radius 2 is 2.00 bits per heavy atom. The molecule has 0 aliphatic heterocycles. The molecule has 3 aromatic rings. The summed E-state index contributed by atoms with van der Waals surface area (Å²) >= 11 is 11.5. The third-order valence-corrected chi connectivity index (χ3v) is 3.57. The largest absolute Gasteiger partial charge is 0.449 e. The Hall–Kier alpha value is -1.45. The van der Waals surface area contributed by atoms with Crippen LogP contribution in [0.15, 0.2) is 28.7 Å². The minimum absolute atomic E-state index is 0.165. The number of nitrogens with zero attached hydrogens (tertiary/aromatic N) is 1. The van der Waals surface area contributed by atoms with Gasteiger partial charge in [0, 0.05) is 22.5 Å². The van der Waals surface area contributed by atoms with Gasteiger partial charge in [-0.15, -0.1) is 0 Å². The Labute approximate surface area is 119 Å². The summed E-state index contributed by atoms with van der Waals surface area (Å²) in [4.78, 5) is 11.2. The van der Waals surface area contributed by atoms with Crippen molar-refractivity contribution in [1.29, 1.82) is 0 Å².